The molecule has 1 aliphatic heterocycles. The van der Waals surface area contributed by atoms with Crippen LogP contribution in [-0.4, -0.2) is 69.8 Å². The van der Waals surface area contributed by atoms with Crippen molar-refractivity contribution >= 4 is 40.0 Å². The molecule has 1 aliphatic rings. The topological polar surface area (TPSA) is 146 Å². The molecule has 0 bridgehead atoms. The van der Waals surface area contributed by atoms with Crippen molar-refractivity contribution in [3.05, 3.63) is 48.2 Å². The Morgan fingerprint density at radius 3 is 2.64 bits per heavy atom. The maximum atomic E-state index is 12.8. The average Bonchev–Trinajstić information content (AvgIpc) is 3.32. The minimum Gasteiger partial charge on any atom is -0.464 e. The van der Waals surface area contributed by atoms with Gasteiger partial charge in [0, 0.05) is 51.2 Å². The Kier molecular flexibility index (Phi) is 7.00. The van der Waals surface area contributed by atoms with E-state index in [2.05, 4.69) is 60.7 Å². The number of hydrogen-bond donors (Lipinski definition) is 3. The van der Waals surface area contributed by atoms with E-state index in [9.17, 15) is 10.1 Å². The fourth-order valence-corrected chi connectivity index (χ4v) is 4.98. The highest BCUT2D eigenvalue weighted by Crippen LogP contribution is 2.33. The lowest BCUT2D eigenvalue weighted by atomic mass is 10.1. The van der Waals surface area contributed by atoms with E-state index in [0.717, 1.165) is 24.3 Å². The number of benzene rings is 1. The summed E-state index contributed by atoms with van der Waals surface area (Å²) in [5, 5.41) is 19.7. The number of methoxy groups -OCH3 is 1. The summed E-state index contributed by atoms with van der Waals surface area (Å²) in [5.74, 6) is -0.0424. The Labute approximate surface area is 226 Å². The molecule has 12 heteroatoms. The molecule has 39 heavy (non-hydrogen) atoms. The van der Waals surface area contributed by atoms with Gasteiger partial charge in [-0.05, 0) is 32.0 Å². The van der Waals surface area contributed by atoms with Crippen molar-refractivity contribution in [3.63, 3.8) is 0 Å². The highest BCUT2D eigenvalue weighted by atomic mass is 16.5. The van der Waals surface area contributed by atoms with Crippen LogP contribution in [0.15, 0.2) is 36.9 Å². The summed E-state index contributed by atoms with van der Waals surface area (Å²) in [4.78, 5) is 33.2. The van der Waals surface area contributed by atoms with E-state index in [-0.39, 0.29) is 11.5 Å². The van der Waals surface area contributed by atoms with Crippen LogP contribution in [0.1, 0.15) is 29.9 Å². The van der Waals surface area contributed by atoms with Crippen molar-refractivity contribution in [3.8, 4) is 17.3 Å². The van der Waals surface area contributed by atoms with Gasteiger partial charge in [0.2, 0.25) is 0 Å². The van der Waals surface area contributed by atoms with Gasteiger partial charge in [0.05, 0.1) is 42.0 Å². The Bertz CT molecular complexity index is 1580. The Morgan fingerprint density at radius 2 is 1.95 bits per heavy atom. The summed E-state index contributed by atoms with van der Waals surface area (Å²) in [6.45, 7) is 5.86. The summed E-state index contributed by atoms with van der Waals surface area (Å²) in [7, 11) is 4.89. The van der Waals surface area contributed by atoms with Gasteiger partial charge in [-0.1, -0.05) is 0 Å². The van der Waals surface area contributed by atoms with Gasteiger partial charge in [0.1, 0.15) is 17.3 Å². The van der Waals surface area contributed by atoms with Crippen molar-refractivity contribution in [2.24, 2.45) is 7.05 Å². The molecule has 1 aromatic carbocycles. The molecule has 0 amide bonds. The van der Waals surface area contributed by atoms with Crippen LogP contribution in [0.3, 0.4) is 0 Å². The van der Waals surface area contributed by atoms with Gasteiger partial charge in [-0.2, -0.15) is 5.26 Å². The number of nitrogens with one attached hydrogen (secondary N) is 3. The molecule has 3 N–H and O–H groups in total. The number of ether oxygens (including phenoxy) is 1. The second kappa shape index (κ2) is 10.5. The number of rotatable bonds is 6. The Morgan fingerprint density at radius 1 is 1.18 bits per heavy atom. The van der Waals surface area contributed by atoms with Crippen molar-refractivity contribution in [1.29, 1.82) is 5.26 Å². The minimum atomic E-state index is -0.657. The molecule has 1 saturated heterocycles. The molecule has 0 aliphatic carbocycles. The Hall–Kier alpha value is -4.76. The molecule has 3 aromatic heterocycles. The highest BCUT2D eigenvalue weighted by Gasteiger charge is 2.25. The maximum absolute atomic E-state index is 12.8. The summed E-state index contributed by atoms with van der Waals surface area (Å²) in [5.41, 5.74) is 4.50. The summed E-state index contributed by atoms with van der Waals surface area (Å²) >= 11 is 0. The maximum Gasteiger partial charge on any atom is 0.360 e. The molecule has 5 rings (SSSR count). The van der Waals surface area contributed by atoms with E-state index in [1.807, 2.05) is 23.7 Å². The zero-order valence-electron chi connectivity index (χ0n) is 22.5. The van der Waals surface area contributed by atoms with Crippen LogP contribution in [0, 0.1) is 11.3 Å². The van der Waals surface area contributed by atoms with Gasteiger partial charge in [0.25, 0.3) is 0 Å². The van der Waals surface area contributed by atoms with E-state index in [1.165, 1.54) is 7.11 Å². The average molecular weight is 527 g/mol. The lowest BCUT2D eigenvalue weighted by molar-refractivity contribution is 0.0595. The first kappa shape index (κ1) is 25.9. The number of carbonyl (C=O) groups is 1. The number of aryl methyl sites for hydroxylation is 1. The first-order valence-electron chi connectivity index (χ1n) is 12.6. The molecule has 0 saturated carbocycles. The van der Waals surface area contributed by atoms with Gasteiger partial charge >= 0.3 is 5.97 Å². The van der Waals surface area contributed by atoms with Gasteiger partial charge in [-0.15, -0.1) is 0 Å². The summed E-state index contributed by atoms with van der Waals surface area (Å²) in [6, 6.07) is 8.45. The first-order valence-corrected chi connectivity index (χ1v) is 12.6. The molecule has 2 atom stereocenters. The number of nitriles is 1. The zero-order chi connectivity index (χ0) is 27.7. The first-order chi connectivity index (χ1) is 18.8. The predicted molar refractivity (Wildman–Crippen MR) is 149 cm³/mol. The fourth-order valence-electron chi connectivity index (χ4n) is 4.98. The van der Waals surface area contributed by atoms with Crippen molar-refractivity contribution in [2.75, 3.05) is 42.8 Å². The molecule has 0 spiro atoms. The number of fused-ring (bicyclic) bond motifs is 1. The number of carbonyl (C=O) groups excluding carboxylic acids is 1. The van der Waals surface area contributed by atoms with Gasteiger partial charge in [-0.3, -0.25) is 4.98 Å². The standard InChI is InChI=1S/C27H30N10O2/c1-15-12-37(13-16(2)32-15)20-7-6-18(8-17(20)9-28)33-26-24(27(38)39-5)34-23(25(29-3)35-26)19-10-30-11-21-22(19)31-14-36(21)4/h6-8,10-11,14-16,32H,12-13H2,1-5H3,(H2,29,33,35)/t15-,16+. The molecule has 200 valence electrons. The molecular weight excluding hydrogens is 496 g/mol. The molecule has 4 heterocycles. The third-order valence-corrected chi connectivity index (χ3v) is 6.68. The predicted octanol–water partition coefficient (Wildman–Crippen LogP) is 3.06. The van der Waals surface area contributed by atoms with Crippen molar-refractivity contribution in [1.82, 2.24) is 29.8 Å². The van der Waals surface area contributed by atoms with Crippen LogP contribution >= 0.6 is 0 Å². The van der Waals surface area contributed by atoms with Gasteiger partial charge in [0.15, 0.2) is 17.3 Å². The molecule has 0 radical (unpaired) electrons. The number of hydrogen-bond acceptors (Lipinski definition) is 11. The second-order valence-corrected chi connectivity index (χ2v) is 9.61. The molecular formula is C27H30N10O2. The monoisotopic (exact) mass is 526 g/mol. The molecule has 1 fully saturated rings. The van der Waals surface area contributed by atoms with Crippen LogP contribution in [0.4, 0.5) is 23.0 Å². The highest BCUT2D eigenvalue weighted by molar-refractivity contribution is 5.98. The van der Waals surface area contributed by atoms with Crippen LogP contribution in [0.5, 0.6) is 0 Å². The fraction of sp³-hybridized carbons (Fsp3) is 0.333. The second-order valence-electron chi connectivity index (χ2n) is 9.61. The van der Waals surface area contributed by atoms with Gasteiger partial charge < -0.3 is 30.2 Å². The lowest BCUT2D eigenvalue weighted by Crippen LogP contribution is -2.54. The summed E-state index contributed by atoms with van der Waals surface area (Å²) in [6.07, 6.45) is 5.05. The van der Waals surface area contributed by atoms with Crippen LogP contribution in [0.25, 0.3) is 22.3 Å². The SMILES string of the molecule is CNc1nc(Nc2ccc(N3C[C@@H](C)N[C@@H](C)C3)c(C#N)c2)c(C(=O)OC)nc1-c1cncc2c1ncn2C. The van der Waals surface area contributed by atoms with Crippen molar-refractivity contribution in [2.45, 2.75) is 25.9 Å². The normalized spacial score (nSPS) is 17.1. The van der Waals surface area contributed by atoms with E-state index in [1.54, 1.807) is 31.8 Å². The zero-order valence-corrected chi connectivity index (χ0v) is 22.5. The number of pyridine rings is 1. The third kappa shape index (κ3) is 4.92. The third-order valence-electron chi connectivity index (χ3n) is 6.68. The Balaban J connectivity index is 1.55. The lowest BCUT2D eigenvalue weighted by Gasteiger charge is -2.38. The molecule has 4 aromatic rings. The van der Waals surface area contributed by atoms with E-state index in [0.29, 0.717) is 45.9 Å². The van der Waals surface area contributed by atoms with E-state index >= 15 is 0 Å². The smallest absolute Gasteiger partial charge is 0.360 e. The number of piperazine rings is 1. The number of anilines is 4. The van der Waals surface area contributed by atoms with Crippen LogP contribution in [-0.2, 0) is 11.8 Å². The van der Waals surface area contributed by atoms with Crippen LogP contribution in [0.2, 0.25) is 0 Å². The van der Waals surface area contributed by atoms with E-state index in [4.69, 9.17) is 4.74 Å². The quantitative estimate of drug-likeness (QED) is 0.319. The minimum absolute atomic E-state index is 0.00762. The largest absolute Gasteiger partial charge is 0.464 e. The number of nitrogens with zero attached hydrogens (tertiary/aromatic N) is 7. The molecule has 12 nitrogen and oxygen atoms in total. The van der Waals surface area contributed by atoms with Crippen molar-refractivity contribution < 1.29 is 9.53 Å². The number of esters is 1. The van der Waals surface area contributed by atoms with Gasteiger partial charge in [-0.25, -0.2) is 19.7 Å². The summed E-state index contributed by atoms with van der Waals surface area (Å²) < 4.78 is 6.89. The number of imidazole rings is 1. The number of aromatic nitrogens is 5. The van der Waals surface area contributed by atoms with E-state index < -0.39 is 5.97 Å². The van der Waals surface area contributed by atoms with Crippen LogP contribution < -0.4 is 20.9 Å². The molecule has 0 unspecified atom stereocenters.